The number of rotatable bonds is 5. The van der Waals surface area contributed by atoms with Crippen molar-refractivity contribution in [1.29, 1.82) is 0 Å². The minimum absolute atomic E-state index is 0.982. The van der Waals surface area contributed by atoms with Gasteiger partial charge < -0.3 is 15.5 Å². The molecule has 1 aromatic carbocycles. The van der Waals surface area contributed by atoms with Crippen LogP contribution in [0.25, 0.3) is 10.9 Å². The molecule has 0 saturated carbocycles. The fourth-order valence-corrected chi connectivity index (χ4v) is 2.84. The topological polar surface area (TPSA) is 40.2 Å². The highest BCUT2D eigenvalue weighted by molar-refractivity contribution is 5.81. The van der Waals surface area contributed by atoms with E-state index in [9.17, 15) is 0 Å². The highest BCUT2D eigenvalue weighted by Gasteiger charge is 2.08. The number of pyridine rings is 1. The van der Waals surface area contributed by atoms with Gasteiger partial charge in [0.1, 0.15) is 5.82 Å². The van der Waals surface area contributed by atoms with Crippen LogP contribution in [0, 0.1) is 6.92 Å². The third-order valence-corrected chi connectivity index (χ3v) is 4.07. The van der Waals surface area contributed by atoms with Crippen molar-refractivity contribution in [3.05, 3.63) is 35.9 Å². The van der Waals surface area contributed by atoms with Crippen molar-refractivity contribution < 1.29 is 0 Å². The second-order valence-corrected chi connectivity index (χ2v) is 5.72. The van der Waals surface area contributed by atoms with Gasteiger partial charge in [-0.05, 0) is 37.6 Å². The first-order valence-corrected chi connectivity index (χ1v) is 7.86. The smallest absolute Gasteiger partial charge is 0.129 e. The summed E-state index contributed by atoms with van der Waals surface area (Å²) in [6.45, 7) is 8.87. The standard InChI is InChI=1S/C17H24N4/c1-14-13-15-5-2-3-6-16(15)20-17(14)19-7-4-10-21-11-8-18-9-12-21/h2-3,5-6,13,18H,4,7-12H2,1H3,(H,19,20). The van der Waals surface area contributed by atoms with E-state index >= 15 is 0 Å². The molecule has 0 radical (unpaired) electrons. The Bertz CT molecular complexity index is 590. The number of anilines is 1. The van der Waals surface area contributed by atoms with Crippen molar-refractivity contribution in [2.24, 2.45) is 0 Å². The Kier molecular flexibility index (Phi) is 4.68. The van der Waals surface area contributed by atoms with Crippen molar-refractivity contribution in [2.45, 2.75) is 13.3 Å². The first-order valence-electron chi connectivity index (χ1n) is 7.86. The Labute approximate surface area is 126 Å². The van der Waals surface area contributed by atoms with E-state index in [0.29, 0.717) is 0 Å². The van der Waals surface area contributed by atoms with Gasteiger partial charge in [-0.25, -0.2) is 4.98 Å². The number of para-hydroxylation sites is 1. The van der Waals surface area contributed by atoms with Crippen LogP contribution in [0.3, 0.4) is 0 Å². The molecule has 4 nitrogen and oxygen atoms in total. The average Bonchev–Trinajstić information content (AvgIpc) is 2.53. The second-order valence-electron chi connectivity index (χ2n) is 5.72. The molecule has 3 rings (SSSR count). The van der Waals surface area contributed by atoms with Gasteiger partial charge in [-0.3, -0.25) is 0 Å². The molecule has 1 aliphatic rings. The monoisotopic (exact) mass is 284 g/mol. The summed E-state index contributed by atoms with van der Waals surface area (Å²) in [5.74, 6) is 1.02. The van der Waals surface area contributed by atoms with Crippen LogP contribution in [0.2, 0.25) is 0 Å². The summed E-state index contributed by atoms with van der Waals surface area (Å²) in [6, 6.07) is 10.5. The van der Waals surface area contributed by atoms with E-state index in [1.165, 1.54) is 30.6 Å². The van der Waals surface area contributed by atoms with Crippen molar-refractivity contribution in [3.63, 3.8) is 0 Å². The van der Waals surface area contributed by atoms with E-state index in [2.05, 4.69) is 46.7 Å². The van der Waals surface area contributed by atoms with E-state index in [1.807, 2.05) is 6.07 Å². The lowest BCUT2D eigenvalue weighted by molar-refractivity contribution is 0.240. The molecule has 0 amide bonds. The van der Waals surface area contributed by atoms with Crippen molar-refractivity contribution in [2.75, 3.05) is 44.6 Å². The summed E-state index contributed by atoms with van der Waals surface area (Å²) in [4.78, 5) is 7.25. The first-order chi connectivity index (χ1) is 10.3. The van der Waals surface area contributed by atoms with E-state index in [0.717, 1.165) is 37.4 Å². The number of hydrogen-bond donors (Lipinski definition) is 2. The van der Waals surface area contributed by atoms with Gasteiger partial charge in [-0.2, -0.15) is 0 Å². The highest BCUT2D eigenvalue weighted by Crippen LogP contribution is 2.19. The zero-order chi connectivity index (χ0) is 14.5. The number of hydrogen-bond acceptors (Lipinski definition) is 4. The van der Waals surface area contributed by atoms with Crippen molar-refractivity contribution in [3.8, 4) is 0 Å². The Morgan fingerprint density at radius 1 is 1.24 bits per heavy atom. The maximum atomic E-state index is 4.72. The van der Waals surface area contributed by atoms with Gasteiger partial charge in [0.2, 0.25) is 0 Å². The van der Waals surface area contributed by atoms with Crippen molar-refractivity contribution >= 4 is 16.7 Å². The molecule has 1 aliphatic heterocycles. The van der Waals surface area contributed by atoms with Crippen LogP contribution >= 0.6 is 0 Å². The maximum Gasteiger partial charge on any atom is 0.129 e. The molecular weight excluding hydrogens is 260 g/mol. The lowest BCUT2D eigenvalue weighted by atomic mass is 10.1. The predicted molar refractivity (Wildman–Crippen MR) is 88.9 cm³/mol. The predicted octanol–water partition coefficient (Wildman–Crippen LogP) is 2.25. The molecule has 1 fully saturated rings. The molecule has 1 saturated heterocycles. The zero-order valence-corrected chi connectivity index (χ0v) is 12.7. The van der Waals surface area contributed by atoms with Gasteiger partial charge in [0, 0.05) is 38.1 Å². The van der Waals surface area contributed by atoms with Crippen LogP contribution < -0.4 is 10.6 Å². The van der Waals surface area contributed by atoms with Crippen LogP contribution in [-0.4, -0.2) is 49.2 Å². The third kappa shape index (κ3) is 3.71. The van der Waals surface area contributed by atoms with Gasteiger partial charge >= 0.3 is 0 Å². The fraction of sp³-hybridized carbons (Fsp3) is 0.471. The first kappa shape index (κ1) is 14.3. The van der Waals surface area contributed by atoms with Crippen LogP contribution in [0.15, 0.2) is 30.3 Å². The molecule has 2 N–H and O–H groups in total. The summed E-state index contributed by atoms with van der Waals surface area (Å²) in [5.41, 5.74) is 2.28. The minimum atomic E-state index is 0.982. The molecule has 0 aliphatic carbocycles. The Hall–Kier alpha value is -1.65. The number of fused-ring (bicyclic) bond motifs is 1. The zero-order valence-electron chi connectivity index (χ0n) is 12.7. The molecule has 0 atom stereocenters. The van der Waals surface area contributed by atoms with Gasteiger partial charge in [-0.15, -0.1) is 0 Å². The summed E-state index contributed by atoms with van der Waals surface area (Å²) >= 11 is 0. The van der Waals surface area contributed by atoms with Crippen LogP contribution in [0.5, 0.6) is 0 Å². The minimum Gasteiger partial charge on any atom is -0.370 e. The summed E-state index contributed by atoms with van der Waals surface area (Å²) < 4.78 is 0. The number of piperazine rings is 1. The lowest BCUT2D eigenvalue weighted by Gasteiger charge is -2.27. The normalized spacial score (nSPS) is 16.2. The summed E-state index contributed by atoms with van der Waals surface area (Å²) in [5, 5.41) is 8.09. The molecule has 112 valence electrons. The molecule has 4 heteroatoms. The molecule has 0 bridgehead atoms. The Balaban J connectivity index is 1.53. The van der Waals surface area contributed by atoms with Crippen LogP contribution in [0.4, 0.5) is 5.82 Å². The summed E-state index contributed by atoms with van der Waals surface area (Å²) in [6.07, 6.45) is 1.16. The van der Waals surface area contributed by atoms with Crippen molar-refractivity contribution in [1.82, 2.24) is 15.2 Å². The quantitative estimate of drug-likeness (QED) is 0.826. The van der Waals surface area contributed by atoms with E-state index < -0.39 is 0 Å². The molecule has 2 heterocycles. The number of nitrogens with zero attached hydrogens (tertiary/aromatic N) is 2. The third-order valence-electron chi connectivity index (χ3n) is 4.07. The molecule has 0 spiro atoms. The number of aryl methyl sites for hydroxylation is 1. The Morgan fingerprint density at radius 3 is 2.90 bits per heavy atom. The van der Waals surface area contributed by atoms with Crippen LogP contribution in [-0.2, 0) is 0 Å². The fourth-order valence-electron chi connectivity index (χ4n) is 2.84. The number of benzene rings is 1. The highest BCUT2D eigenvalue weighted by atomic mass is 15.2. The van der Waals surface area contributed by atoms with Gasteiger partial charge in [0.15, 0.2) is 0 Å². The Morgan fingerprint density at radius 2 is 2.05 bits per heavy atom. The average molecular weight is 284 g/mol. The SMILES string of the molecule is Cc1cc2ccccc2nc1NCCCN1CCNCC1. The molecular formula is C17H24N4. The van der Waals surface area contributed by atoms with Gasteiger partial charge in [-0.1, -0.05) is 18.2 Å². The molecule has 21 heavy (non-hydrogen) atoms. The second kappa shape index (κ2) is 6.87. The largest absolute Gasteiger partial charge is 0.370 e. The van der Waals surface area contributed by atoms with Crippen LogP contribution in [0.1, 0.15) is 12.0 Å². The van der Waals surface area contributed by atoms with E-state index in [4.69, 9.17) is 4.98 Å². The maximum absolute atomic E-state index is 4.72. The number of nitrogens with one attached hydrogen (secondary N) is 2. The van der Waals surface area contributed by atoms with Gasteiger partial charge in [0.25, 0.3) is 0 Å². The molecule has 0 unspecified atom stereocenters. The van der Waals surface area contributed by atoms with Gasteiger partial charge in [0.05, 0.1) is 5.52 Å². The van der Waals surface area contributed by atoms with E-state index in [-0.39, 0.29) is 0 Å². The lowest BCUT2D eigenvalue weighted by Crippen LogP contribution is -2.44. The number of aromatic nitrogens is 1. The summed E-state index contributed by atoms with van der Waals surface area (Å²) in [7, 11) is 0. The van der Waals surface area contributed by atoms with E-state index in [1.54, 1.807) is 0 Å². The molecule has 2 aromatic rings. The molecule has 1 aromatic heterocycles.